The summed E-state index contributed by atoms with van der Waals surface area (Å²) in [7, 11) is -2.08. The van der Waals surface area contributed by atoms with Crippen molar-refractivity contribution in [1.29, 1.82) is 0 Å². The molecular weight excluding hydrogens is 401 g/mol. The minimum absolute atomic E-state index is 0. The van der Waals surface area contributed by atoms with Crippen molar-refractivity contribution in [2.45, 2.75) is 23.4 Å². The number of sulfonamides is 1. The van der Waals surface area contributed by atoms with Crippen LogP contribution in [-0.2, 0) is 16.2 Å². The zero-order valence-corrected chi connectivity index (χ0v) is 16.2. The Labute approximate surface area is 162 Å². The molecule has 148 valence electrons. The lowest BCUT2D eigenvalue weighted by atomic mass is 9.98. The van der Waals surface area contributed by atoms with Crippen LogP contribution in [0.4, 0.5) is 18.9 Å². The molecule has 1 N–H and O–H groups in total. The first-order chi connectivity index (χ1) is 12.1. The highest BCUT2D eigenvalue weighted by molar-refractivity contribution is 7.92. The number of alkyl halides is 3. The van der Waals surface area contributed by atoms with Crippen LogP contribution in [0.15, 0.2) is 53.4 Å². The van der Waals surface area contributed by atoms with Crippen molar-refractivity contribution in [3.8, 4) is 0 Å². The largest absolute Gasteiger partial charge is 0.416 e. The van der Waals surface area contributed by atoms with E-state index in [1.165, 1.54) is 0 Å². The monoisotopic (exact) mass is 420 g/mol. The van der Waals surface area contributed by atoms with E-state index in [0.29, 0.717) is 17.7 Å². The normalized spacial score (nSPS) is 18.1. The minimum atomic E-state index is -4.60. The van der Waals surface area contributed by atoms with Crippen LogP contribution in [0.25, 0.3) is 0 Å². The number of likely N-dealkylation sites (N-methyl/N-ethyl adjacent to an activating group) is 1. The van der Waals surface area contributed by atoms with Crippen LogP contribution in [0, 0.1) is 0 Å². The maximum atomic E-state index is 12.8. The second kappa shape index (κ2) is 8.08. The summed E-state index contributed by atoms with van der Waals surface area (Å²) in [6, 6.07) is 10.7. The zero-order chi connectivity index (χ0) is 18.9. The molecule has 1 saturated heterocycles. The summed E-state index contributed by atoms with van der Waals surface area (Å²) in [4.78, 5) is 1.78. The van der Waals surface area contributed by atoms with Gasteiger partial charge in [0, 0.05) is 12.2 Å². The summed E-state index contributed by atoms with van der Waals surface area (Å²) < 4.78 is 65.8. The van der Waals surface area contributed by atoms with E-state index in [0.717, 1.165) is 43.3 Å². The van der Waals surface area contributed by atoms with Crippen molar-refractivity contribution in [2.24, 2.45) is 0 Å². The molecule has 0 aromatic heterocycles. The van der Waals surface area contributed by atoms with Crippen LogP contribution in [0.5, 0.6) is 0 Å². The van der Waals surface area contributed by atoms with Gasteiger partial charge in [-0.15, -0.1) is 12.4 Å². The van der Waals surface area contributed by atoms with Crippen LogP contribution in [-0.4, -0.2) is 33.5 Å². The molecule has 27 heavy (non-hydrogen) atoms. The van der Waals surface area contributed by atoms with Gasteiger partial charge in [0.05, 0.1) is 10.5 Å². The first-order valence-electron chi connectivity index (χ1n) is 8.14. The summed E-state index contributed by atoms with van der Waals surface area (Å²) >= 11 is 0. The Balaban J connectivity index is 0.00000261. The number of benzene rings is 2. The molecule has 1 aliphatic rings. The van der Waals surface area contributed by atoms with E-state index in [1.807, 2.05) is 13.1 Å². The predicted octanol–water partition coefficient (Wildman–Crippen LogP) is 4.35. The molecule has 4 nitrogen and oxygen atoms in total. The lowest BCUT2D eigenvalue weighted by molar-refractivity contribution is -0.137. The van der Waals surface area contributed by atoms with Gasteiger partial charge in [-0.2, -0.15) is 13.2 Å². The molecule has 2 aromatic rings. The van der Waals surface area contributed by atoms with Crippen LogP contribution in [0.3, 0.4) is 0 Å². The average Bonchev–Trinajstić information content (AvgIpc) is 3.01. The highest BCUT2D eigenvalue weighted by atomic mass is 35.5. The molecule has 0 aliphatic carbocycles. The maximum Gasteiger partial charge on any atom is 0.416 e. The van der Waals surface area contributed by atoms with Gasteiger partial charge < -0.3 is 4.90 Å². The standard InChI is InChI=1S/C18H19F3N2O2S.ClH/c1-23-9-8-14(12-23)13-4-2-6-16(10-13)22-26(24,25)17-7-3-5-15(11-17)18(19,20)21;/h2-7,10-11,14,22H,8-9,12H2,1H3;1H. The summed E-state index contributed by atoms with van der Waals surface area (Å²) in [5.74, 6) is 0.318. The quantitative estimate of drug-likeness (QED) is 0.800. The molecule has 1 unspecified atom stereocenters. The van der Waals surface area contributed by atoms with Crippen molar-refractivity contribution < 1.29 is 21.6 Å². The molecule has 1 aliphatic heterocycles. The number of nitrogens with one attached hydrogen (secondary N) is 1. The fourth-order valence-corrected chi connectivity index (χ4v) is 4.21. The lowest BCUT2D eigenvalue weighted by Gasteiger charge is -2.14. The van der Waals surface area contributed by atoms with Crippen LogP contribution in [0.1, 0.15) is 23.5 Å². The summed E-state index contributed by atoms with van der Waals surface area (Å²) in [6.45, 7) is 1.87. The predicted molar refractivity (Wildman–Crippen MR) is 101 cm³/mol. The molecule has 0 bridgehead atoms. The first kappa shape index (κ1) is 21.5. The first-order valence-corrected chi connectivity index (χ1v) is 9.62. The van der Waals surface area contributed by atoms with Crippen LogP contribution >= 0.6 is 12.4 Å². The second-order valence-electron chi connectivity index (χ2n) is 6.50. The Morgan fingerprint density at radius 3 is 2.44 bits per heavy atom. The molecule has 3 rings (SSSR count). The highest BCUT2D eigenvalue weighted by Crippen LogP contribution is 2.31. The van der Waals surface area contributed by atoms with Crippen molar-refractivity contribution in [3.63, 3.8) is 0 Å². The second-order valence-corrected chi connectivity index (χ2v) is 8.19. The van der Waals surface area contributed by atoms with Crippen molar-refractivity contribution in [1.82, 2.24) is 4.90 Å². The van der Waals surface area contributed by atoms with Gasteiger partial charge in [-0.1, -0.05) is 18.2 Å². The van der Waals surface area contributed by atoms with Gasteiger partial charge in [0.1, 0.15) is 0 Å². The molecular formula is C18H20ClF3N2O2S. The van der Waals surface area contributed by atoms with E-state index in [4.69, 9.17) is 0 Å². The van der Waals surface area contributed by atoms with Gasteiger partial charge in [0.25, 0.3) is 10.0 Å². The summed E-state index contributed by atoms with van der Waals surface area (Å²) in [5, 5.41) is 0. The van der Waals surface area contributed by atoms with Gasteiger partial charge >= 0.3 is 6.18 Å². The average molecular weight is 421 g/mol. The molecule has 2 aromatic carbocycles. The Morgan fingerprint density at radius 2 is 1.81 bits per heavy atom. The Hall–Kier alpha value is -1.77. The lowest BCUT2D eigenvalue weighted by Crippen LogP contribution is -2.15. The number of nitrogens with zero attached hydrogens (tertiary/aromatic N) is 1. The van der Waals surface area contributed by atoms with Crippen molar-refractivity contribution >= 4 is 28.1 Å². The summed E-state index contributed by atoms with van der Waals surface area (Å²) in [5.41, 5.74) is 0.358. The highest BCUT2D eigenvalue weighted by Gasteiger charge is 2.31. The molecule has 9 heteroatoms. The topological polar surface area (TPSA) is 49.4 Å². The smallest absolute Gasteiger partial charge is 0.306 e. The van der Waals surface area contributed by atoms with Gasteiger partial charge in [0.15, 0.2) is 0 Å². The minimum Gasteiger partial charge on any atom is -0.306 e. The van der Waals surface area contributed by atoms with E-state index in [2.05, 4.69) is 9.62 Å². The third-order valence-electron chi connectivity index (χ3n) is 4.47. The van der Waals surface area contributed by atoms with Crippen LogP contribution in [0.2, 0.25) is 0 Å². The number of halogens is 4. The van der Waals surface area contributed by atoms with Crippen molar-refractivity contribution in [3.05, 3.63) is 59.7 Å². The SMILES string of the molecule is CN1CCC(c2cccc(NS(=O)(=O)c3cccc(C(F)(F)F)c3)c2)C1.Cl. The third-order valence-corrected chi connectivity index (χ3v) is 5.85. The van der Waals surface area contributed by atoms with Gasteiger partial charge in [-0.05, 0) is 61.8 Å². The number of hydrogen-bond acceptors (Lipinski definition) is 3. The maximum absolute atomic E-state index is 12.8. The molecule has 1 atom stereocenters. The Morgan fingerprint density at radius 1 is 1.11 bits per heavy atom. The van der Waals surface area contributed by atoms with E-state index >= 15 is 0 Å². The van der Waals surface area contributed by atoms with Crippen molar-refractivity contribution in [2.75, 3.05) is 24.9 Å². The Bertz CT molecular complexity index is 903. The zero-order valence-electron chi connectivity index (χ0n) is 14.5. The number of hydrogen-bond donors (Lipinski definition) is 1. The van der Waals surface area contributed by atoms with Gasteiger partial charge in [0.2, 0.25) is 0 Å². The van der Waals surface area contributed by atoms with E-state index in [-0.39, 0.29) is 12.4 Å². The van der Waals surface area contributed by atoms with Gasteiger partial charge in [-0.3, -0.25) is 4.72 Å². The summed E-state index contributed by atoms with van der Waals surface area (Å²) in [6.07, 6.45) is -3.61. The number of rotatable bonds is 4. The third kappa shape index (κ3) is 5.15. The fraction of sp³-hybridized carbons (Fsp3) is 0.333. The van der Waals surface area contributed by atoms with E-state index in [1.54, 1.807) is 18.2 Å². The molecule has 0 radical (unpaired) electrons. The molecule has 0 amide bonds. The molecule has 0 saturated carbocycles. The van der Waals surface area contributed by atoms with E-state index in [9.17, 15) is 21.6 Å². The van der Waals surface area contributed by atoms with E-state index < -0.39 is 26.7 Å². The molecule has 0 spiro atoms. The molecule has 1 fully saturated rings. The Kier molecular flexibility index (Phi) is 6.44. The number of likely N-dealkylation sites (tertiary alicyclic amines) is 1. The fourth-order valence-electron chi connectivity index (χ4n) is 3.12. The molecule has 1 heterocycles. The number of anilines is 1. The van der Waals surface area contributed by atoms with Gasteiger partial charge in [-0.25, -0.2) is 8.42 Å². The van der Waals surface area contributed by atoms with Crippen LogP contribution < -0.4 is 4.72 Å².